The lowest BCUT2D eigenvalue weighted by Gasteiger charge is -2.27. The topological polar surface area (TPSA) is 73.6 Å². The van der Waals surface area contributed by atoms with E-state index in [9.17, 15) is 4.79 Å². The van der Waals surface area contributed by atoms with E-state index in [1.807, 2.05) is 6.92 Å². The molecule has 1 aliphatic rings. The van der Waals surface area contributed by atoms with Crippen molar-refractivity contribution in [1.29, 1.82) is 0 Å². The van der Waals surface area contributed by atoms with Crippen LogP contribution in [0.5, 0.6) is 0 Å². The molecule has 0 aromatic heterocycles. The van der Waals surface area contributed by atoms with E-state index in [4.69, 9.17) is 15.2 Å². The fourth-order valence-electron chi connectivity index (χ4n) is 1.69. The molecule has 0 spiro atoms. The Hall–Kier alpha value is -0.650. The summed E-state index contributed by atoms with van der Waals surface area (Å²) in [6, 6.07) is 0.454. The van der Waals surface area contributed by atoms with Crippen LogP contribution in [0.15, 0.2) is 0 Å². The SMILES string of the molecule is CCCOCCOCCC(C)(NC1CC1)C(N)=O. The van der Waals surface area contributed by atoms with Gasteiger partial charge in [-0.1, -0.05) is 6.92 Å². The zero-order chi connectivity index (χ0) is 13.4. The molecule has 1 amide bonds. The predicted octanol–water partition coefficient (Wildman–Crippen LogP) is 0.816. The molecule has 1 aliphatic carbocycles. The van der Waals surface area contributed by atoms with Crippen molar-refractivity contribution in [2.75, 3.05) is 26.4 Å². The van der Waals surface area contributed by atoms with Gasteiger partial charge >= 0.3 is 0 Å². The summed E-state index contributed by atoms with van der Waals surface area (Å²) in [5.74, 6) is -0.305. The van der Waals surface area contributed by atoms with Crippen molar-refractivity contribution < 1.29 is 14.3 Å². The molecular formula is C13H26N2O3. The molecule has 106 valence electrons. The van der Waals surface area contributed by atoms with Crippen molar-refractivity contribution in [1.82, 2.24) is 5.32 Å². The summed E-state index contributed by atoms with van der Waals surface area (Å²) in [6.45, 7) is 6.39. The first-order chi connectivity index (χ1) is 8.58. The summed E-state index contributed by atoms with van der Waals surface area (Å²) in [7, 11) is 0. The number of carbonyl (C=O) groups excluding carboxylic acids is 1. The molecule has 0 aromatic carbocycles. The Morgan fingerprint density at radius 1 is 1.28 bits per heavy atom. The molecule has 0 saturated heterocycles. The van der Waals surface area contributed by atoms with Gasteiger partial charge in [0.25, 0.3) is 0 Å². The largest absolute Gasteiger partial charge is 0.379 e. The summed E-state index contributed by atoms with van der Waals surface area (Å²) in [5, 5.41) is 3.29. The molecule has 0 radical (unpaired) electrons. The summed E-state index contributed by atoms with van der Waals surface area (Å²) in [5.41, 5.74) is 4.80. The first kappa shape index (κ1) is 15.4. The number of primary amides is 1. The Kier molecular flexibility index (Phi) is 6.60. The maximum absolute atomic E-state index is 11.5. The number of amides is 1. The second kappa shape index (κ2) is 7.71. The molecular weight excluding hydrogens is 232 g/mol. The fraction of sp³-hybridized carbons (Fsp3) is 0.923. The van der Waals surface area contributed by atoms with Crippen molar-refractivity contribution >= 4 is 5.91 Å². The van der Waals surface area contributed by atoms with Crippen LogP contribution in [-0.4, -0.2) is 43.9 Å². The van der Waals surface area contributed by atoms with E-state index in [1.54, 1.807) is 0 Å². The van der Waals surface area contributed by atoms with E-state index >= 15 is 0 Å². The minimum Gasteiger partial charge on any atom is -0.379 e. The number of rotatable bonds is 11. The van der Waals surface area contributed by atoms with Crippen LogP contribution in [0.3, 0.4) is 0 Å². The number of hydrogen-bond donors (Lipinski definition) is 2. The minimum atomic E-state index is -0.647. The number of nitrogens with two attached hydrogens (primary N) is 1. The van der Waals surface area contributed by atoms with Crippen LogP contribution in [0.4, 0.5) is 0 Å². The van der Waals surface area contributed by atoms with Crippen LogP contribution in [0.2, 0.25) is 0 Å². The van der Waals surface area contributed by atoms with Crippen molar-refractivity contribution in [2.24, 2.45) is 5.73 Å². The third kappa shape index (κ3) is 5.80. The van der Waals surface area contributed by atoms with Gasteiger partial charge < -0.3 is 20.5 Å². The maximum Gasteiger partial charge on any atom is 0.237 e. The zero-order valence-electron chi connectivity index (χ0n) is 11.5. The quantitative estimate of drug-likeness (QED) is 0.538. The first-order valence-electron chi connectivity index (χ1n) is 6.81. The lowest BCUT2D eigenvalue weighted by Crippen LogP contribution is -2.54. The highest BCUT2D eigenvalue weighted by Gasteiger charge is 2.36. The number of nitrogens with one attached hydrogen (secondary N) is 1. The average Bonchev–Trinajstić information content (AvgIpc) is 3.11. The van der Waals surface area contributed by atoms with E-state index in [1.165, 1.54) is 0 Å². The van der Waals surface area contributed by atoms with Crippen LogP contribution in [0.25, 0.3) is 0 Å². The van der Waals surface area contributed by atoms with Crippen molar-refractivity contribution in [3.05, 3.63) is 0 Å². The minimum absolute atomic E-state index is 0.305. The average molecular weight is 258 g/mol. The maximum atomic E-state index is 11.5. The normalized spacial score (nSPS) is 18.6. The summed E-state index contributed by atoms with van der Waals surface area (Å²) >= 11 is 0. The molecule has 0 aliphatic heterocycles. The Morgan fingerprint density at radius 3 is 2.39 bits per heavy atom. The highest BCUT2D eigenvalue weighted by Crippen LogP contribution is 2.23. The lowest BCUT2D eigenvalue weighted by atomic mass is 9.97. The molecule has 18 heavy (non-hydrogen) atoms. The second-order valence-electron chi connectivity index (χ2n) is 5.09. The second-order valence-corrected chi connectivity index (χ2v) is 5.09. The highest BCUT2D eigenvalue weighted by molar-refractivity contribution is 5.84. The van der Waals surface area contributed by atoms with Crippen LogP contribution in [0, 0.1) is 0 Å². The van der Waals surface area contributed by atoms with E-state index in [0.29, 0.717) is 32.3 Å². The van der Waals surface area contributed by atoms with Crippen LogP contribution < -0.4 is 11.1 Å². The van der Waals surface area contributed by atoms with Gasteiger partial charge in [-0.05, 0) is 32.6 Å². The highest BCUT2D eigenvalue weighted by atomic mass is 16.5. The summed E-state index contributed by atoms with van der Waals surface area (Å²) in [6.07, 6.45) is 3.89. The van der Waals surface area contributed by atoms with Gasteiger partial charge in [0.1, 0.15) is 0 Å². The molecule has 5 nitrogen and oxygen atoms in total. The molecule has 1 saturated carbocycles. The van der Waals surface area contributed by atoms with Crippen molar-refractivity contribution in [2.45, 2.75) is 51.1 Å². The number of hydrogen-bond acceptors (Lipinski definition) is 4. The Morgan fingerprint density at radius 2 is 1.89 bits per heavy atom. The molecule has 0 bridgehead atoms. The van der Waals surface area contributed by atoms with Gasteiger partial charge in [-0.25, -0.2) is 0 Å². The number of ether oxygens (including phenoxy) is 2. The van der Waals surface area contributed by atoms with Crippen LogP contribution in [-0.2, 0) is 14.3 Å². The molecule has 1 fully saturated rings. The van der Waals surface area contributed by atoms with Gasteiger partial charge in [0.2, 0.25) is 5.91 Å². The standard InChI is InChI=1S/C13H26N2O3/c1-3-7-17-9-10-18-8-6-13(2,12(14)16)15-11-4-5-11/h11,15H,3-10H2,1-2H3,(H2,14,16). The van der Waals surface area contributed by atoms with Crippen LogP contribution in [0.1, 0.15) is 39.5 Å². The predicted molar refractivity (Wildman–Crippen MR) is 70.3 cm³/mol. The lowest BCUT2D eigenvalue weighted by molar-refractivity contribution is -0.124. The fourth-order valence-corrected chi connectivity index (χ4v) is 1.69. The van der Waals surface area contributed by atoms with Crippen LogP contribution >= 0.6 is 0 Å². The van der Waals surface area contributed by atoms with Gasteiger partial charge in [0.05, 0.1) is 18.8 Å². The van der Waals surface area contributed by atoms with Crippen molar-refractivity contribution in [3.8, 4) is 0 Å². The number of carbonyl (C=O) groups is 1. The zero-order valence-corrected chi connectivity index (χ0v) is 11.5. The molecule has 3 N–H and O–H groups in total. The monoisotopic (exact) mass is 258 g/mol. The summed E-state index contributed by atoms with van der Waals surface area (Å²) < 4.78 is 10.8. The third-order valence-electron chi connectivity index (χ3n) is 3.11. The van der Waals surface area contributed by atoms with Gasteiger partial charge in [-0.15, -0.1) is 0 Å². The molecule has 0 aromatic rings. The van der Waals surface area contributed by atoms with Gasteiger partial charge in [-0.2, -0.15) is 0 Å². The molecule has 1 atom stereocenters. The van der Waals surface area contributed by atoms with E-state index in [-0.39, 0.29) is 5.91 Å². The smallest absolute Gasteiger partial charge is 0.237 e. The Balaban J connectivity index is 2.11. The molecule has 1 unspecified atom stereocenters. The Bertz CT molecular complexity index is 257. The summed E-state index contributed by atoms with van der Waals surface area (Å²) in [4.78, 5) is 11.5. The van der Waals surface area contributed by atoms with Gasteiger partial charge in [-0.3, -0.25) is 4.79 Å². The molecule has 5 heteroatoms. The van der Waals surface area contributed by atoms with Gasteiger partial charge in [0.15, 0.2) is 0 Å². The molecule has 1 rings (SSSR count). The van der Waals surface area contributed by atoms with Crippen molar-refractivity contribution in [3.63, 3.8) is 0 Å². The first-order valence-corrected chi connectivity index (χ1v) is 6.81. The van der Waals surface area contributed by atoms with E-state index < -0.39 is 5.54 Å². The van der Waals surface area contributed by atoms with E-state index in [2.05, 4.69) is 12.2 Å². The van der Waals surface area contributed by atoms with Gasteiger partial charge in [0, 0.05) is 19.3 Å². The molecule has 0 heterocycles. The Labute approximate surface area is 109 Å². The van der Waals surface area contributed by atoms with E-state index in [0.717, 1.165) is 25.9 Å². The third-order valence-corrected chi connectivity index (χ3v) is 3.11.